The molecule has 0 N–H and O–H groups in total. The van der Waals surface area contributed by atoms with Crippen LogP contribution in [0.3, 0.4) is 0 Å². The SMILES string of the molecule is O=C(C=Cc1cc(Br)ccc1OCc1ccccc1)N1C(=O)OC[C@@H]1c1ccccc1. The molecule has 1 aliphatic heterocycles. The smallest absolute Gasteiger partial charge is 0.417 e. The summed E-state index contributed by atoms with van der Waals surface area (Å²) in [5.74, 6) is 0.199. The first-order valence-electron chi connectivity index (χ1n) is 9.81. The molecule has 4 rings (SSSR count). The second-order valence-electron chi connectivity index (χ2n) is 7.00. The van der Waals surface area contributed by atoms with Crippen LogP contribution in [0.4, 0.5) is 4.79 Å². The molecular weight excluding hydrogens is 458 g/mol. The molecule has 0 unspecified atom stereocenters. The predicted octanol–water partition coefficient (Wildman–Crippen LogP) is 5.76. The maximum absolute atomic E-state index is 12.9. The van der Waals surface area contributed by atoms with E-state index in [1.807, 2.05) is 78.9 Å². The van der Waals surface area contributed by atoms with Crippen LogP contribution in [-0.4, -0.2) is 23.5 Å². The number of amides is 2. The van der Waals surface area contributed by atoms with E-state index in [1.54, 1.807) is 6.08 Å². The highest BCUT2D eigenvalue weighted by atomic mass is 79.9. The normalized spacial score (nSPS) is 15.8. The number of carbonyl (C=O) groups excluding carboxylic acids is 2. The molecule has 1 atom stereocenters. The molecule has 156 valence electrons. The van der Waals surface area contributed by atoms with Gasteiger partial charge in [-0.2, -0.15) is 0 Å². The largest absolute Gasteiger partial charge is 0.488 e. The number of carbonyl (C=O) groups is 2. The molecule has 0 saturated carbocycles. The monoisotopic (exact) mass is 477 g/mol. The highest BCUT2D eigenvalue weighted by molar-refractivity contribution is 9.10. The number of hydrogen-bond donors (Lipinski definition) is 0. The standard InChI is InChI=1S/C25H20BrNO4/c26-21-12-13-23(30-16-18-7-3-1-4-8-18)20(15-21)11-14-24(28)27-22(17-31-25(27)29)19-9-5-2-6-10-19/h1-15,22H,16-17H2/t22-/m1/s1. The third kappa shape index (κ3) is 5.03. The van der Waals surface area contributed by atoms with E-state index >= 15 is 0 Å². The molecule has 1 saturated heterocycles. The van der Waals surface area contributed by atoms with E-state index in [0.717, 1.165) is 26.1 Å². The van der Waals surface area contributed by atoms with Gasteiger partial charge in [0, 0.05) is 16.1 Å². The van der Waals surface area contributed by atoms with Gasteiger partial charge >= 0.3 is 6.09 Å². The van der Waals surface area contributed by atoms with Gasteiger partial charge in [-0.15, -0.1) is 0 Å². The molecule has 2 amide bonds. The zero-order valence-corrected chi connectivity index (χ0v) is 18.2. The summed E-state index contributed by atoms with van der Waals surface area (Å²) in [7, 11) is 0. The summed E-state index contributed by atoms with van der Waals surface area (Å²) in [6, 6.07) is 24.4. The van der Waals surface area contributed by atoms with Gasteiger partial charge in [0.2, 0.25) is 0 Å². The number of halogens is 1. The second-order valence-corrected chi connectivity index (χ2v) is 7.92. The van der Waals surface area contributed by atoms with Crippen molar-refractivity contribution < 1.29 is 19.1 Å². The fourth-order valence-electron chi connectivity index (χ4n) is 3.34. The van der Waals surface area contributed by atoms with Crippen LogP contribution in [0.15, 0.2) is 89.4 Å². The number of rotatable bonds is 6. The lowest BCUT2D eigenvalue weighted by atomic mass is 10.1. The van der Waals surface area contributed by atoms with Gasteiger partial charge in [-0.05, 0) is 35.4 Å². The molecule has 3 aromatic carbocycles. The van der Waals surface area contributed by atoms with Crippen LogP contribution < -0.4 is 4.74 Å². The molecule has 3 aromatic rings. The van der Waals surface area contributed by atoms with Gasteiger partial charge in [-0.1, -0.05) is 76.6 Å². The average molecular weight is 478 g/mol. The van der Waals surface area contributed by atoms with Crippen molar-refractivity contribution in [1.29, 1.82) is 0 Å². The fourth-order valence-corrected chi connectivity index (χ4v) is 3.72. The highest BCUT2D eigenvalue weighted by Gasteiger charge is 2.37. The van der Waals surface area contributed by atoms with Crippen molar-refractivity contribution in [2.75, 3.05) is 6.61 Å². The predicted molar refractivity (Wildman–Crippen MR) is 121 cm³/mol. The Morgan fingerprint density at radius 1 is 1.06 bits per heavy atom. The molecule has 0 radical (unpaired) electrons. The number of cyclic esters (lactones) is 1. The van der Waals surface area contributed by atoms with Crippen LogP contribution in [0.25, 0.3) is 6.08 Å². The molecule has 31 heavy (non-hydrogen) atoms. The minimum atomic E-state index is -0.640. The average Bonchev–Trinajstić information content (AvgIpc) is 3.19. The molecular formula is C25H20BrNO4. The summed E-state index contributed by atoms with van der Waals surface area (Å²) >= 11 is 3.46. The Hall–Kier alpha value is -3.38. The van der Waals surface area contributed by atoms with Crippen LogP contribution in [0.5, 0.6) is 5.75 Å². The van der Waals surface area contributed by atoms with Gasteiger partial charge in [-0.3, -0.25) is 4.79 Å². The Kier molecular flexibility index (Phi) is 6.48. The van der Waals surface area contributed by atoms with E-state index in [9.17, 15) is 9.59 Å². The van der Waals surface area contributed by atoms with Gasteiger partial charge in [0.1, 0.15) is 25.0 Å². The molecule has 1 heterocycles. The molecule has 0 aromatic heterocycles. The third-order valence-corrected chi connectivity index (χ3v) is 5.40. The van der Waals surface area contributed by atoms with Gasteiger partial charge in [-0.25, -0.2) is 9.69 Å². The Balaban J connectivity index is 1.52. The first-order valence-corrected chi connectivity index (χ1v) is 10.6. The van der Waals surface area contributed by atoms with Crippen LogP contribution in [0.2, 0.25) is 0 Å². The second kappa shape index (κ2) is 9.62. The summed E-state index contributed by atoms with van der Waals surface area (Å²) in [6.45, 7) is 0.552. The summed E-state index contributed by atoms with van der Waals surface area (Å²) in [4.78, 5) is 26.2. The first kappa shape index (κ1) is 20.9. The molecule has 0 spiro atoms. The lowest BCUT2D eigenvalue weighted by molar-refractivity contribution is -0.124. The number of benzene rings is 3. The molecule has 6 heteroatoms. The van der Waals surface area contributed by atoms with Crippen LogP contribution in [0.1, 0.15) is 22.7 Å². The molecule has 1 fully saturated rings. The van der Waals surface area contributed by atoms with E-state index in [0.29, 0.717) is 12.4 Å². The summed E-state index contributed by atoms with van der Waals surface area (Å²) in [6.07, 6.45) is 2.39. The van der Waals surface area contributed by atoms with Gasteiger partial charge in [0.05, 0.1) is 0 Å². The Labute approximate surface area is 189 Å². The maximum atomic E-state index is 12.9. The van der Waals surface area contributed by atoms with Crippen molar-refractivity contribution in [1.82, 2.24) is 4.90 Å². The van der Waals surface area contributed by atoms with E-state index in [1.165, 1.54) is 6.08 Å². The Bertz CT molecular complexity index is 1100. The van der Waals surface area contributed by atoms with Crippen molar-refractivity contribution in [3.8, 4) is 5.75 Å². The van der Waals surface area contributed by atoms with Crippen molar-refractivity contribution in [2.45, 2.75) is 12.6 Å². The zero-order chi connectivity index (χ0) is 21.6. The first-order chi connectivity index (χ1) is 15.1. The number of hydrogen-bond acceptors (Lipinski definition) is 4. The molecule has 0 bridgehead atoms. The van der Waals surface area contributed by atoms with Crippen LogP contribution in [-0.2, 0) is 16.1 Å². The third-order valence-electron chi connectivity index (χ3n) is 4.91. The van der Waals surface area contributed by atoms with Crippen molar-refractivity contribution in [3.63, 3.8) is 0 Å². The Morgan fingerprint density at radius 2 is 1.77 bits per heavy atom. The number of ether oxygens (including phenoxy) is 2. The summed E-state index contributed by atoms with van der Waals surface area (Å²) in [5.41, 5.74) is 2.62. The van der Waals surface area contributed by atoms with Crippen LogP contribution >= 0.6 is 15.9 Å². The number of imide groups is 1. The Morgan fingerprint density at radius 3 is 2.52 bits per heavy atom. The lowest BCUT2D eigenvalue weighted by Crippen LogP contribution is -2.32. The fraction of sp³-hybridized carbons (Fsp3) is 0.120. The molecule has 1 aliphatic rings. The van der Waals surface area contributed by atoms with Gasteiger partial charge in [0.15, 0.2) is 0 Å². The van der Waals surface area contributed by atoms with Gasteiger partial charge in [0.25, 0.3) is 5.91 Å². The minimum Gasteiger partial charge on any atom is -0.488 e. The highest BCUT2D eigenvalue weighted by Crippen LogP contribution is 2.29. The van der Waals surface area contributed by atoms with Gasteiger partial charge < -0.3 is 9.47 Å². The van der Waals surface area contributed by atoms with Crippen molar-refractivity contribution in [2.24, 2.45) is 0 Å². The summed E-state index contributed by atoms with van der Waals surface area (Å²) in [5, 5.41) is 0. The summed E-state index contributed by atoms with van der Waals surface area (Å²) < 4.78 is 12.0. The van der Waals surface area contributed by atoms with E-state index in [4.69, 9.17) is 9.47 Å². The molecule has 5 nitrogen and oxygen atoms in total. The number of nitrogens with zero attached hydrogens (tertiary/aromatic N) is 1. The maximum Gasteiger partial charge on any atom is 0.417 e. The quantitative estimate of drug-likeness (QED) is 0.423. The van der Waals surface area contributed by atoms with E-state index in [2.05, 4.69) is 15.9 Å². The topological polar surface area (TPSA) is 55.8 Å². The molecule has 0 aliphatic carbocycles. The van der Waals surface area contributed by atoms with Crippen LogP contribution in [0, 0.1) is 0 Å². The van der Waals surface area contributed by atoms with E-state index < -0.39 is 18.0 Å². The zero-order valence-electron chi connectivity index (χ0n) is 16.6. The minimum absolute atomic E-state index is 0.144. The van der Waals surface area contributed by atoms with E-state index in [-0.39, 0.29) is 6.61 Å². The van der Waals surface area contributed by atoms with Crippen molar-refractivity contribution >= 4 is 34.0 Å². The lowest BCUT2D eigenvalue weighted by Gasteiger charge is -2.18. The van der Waals surface area contributed by atoms with Crippen molar-refractivity contribution in [3.05, 3.63) is 106 Å².